The van der Waals surface area contributed by atoms with Gasteiger partial charge in [0.15, 0.2) is 0 Å². The van der Waals surface area contributed by atoms with Crippen molar-refractivity contribution in [3.8, 4) is 0 Å². The summed E-state index contributed by atoms with van der Waals surface area (Å²) in [6.07, 6.45) is 4.26. The van der Waals surface area contributed by atoms with E-state index in [1.807, 2.05) is 0 Å². The van der Waals surface area contributed by atoms with Crippen LogP contribution >= 0.6 is 11.6 Å². The minimum absolute atomic E-state index is 0.159. The smallest absolute Gasteiger partial charge is 0.140 e. The highest BCUT2D eigenvalue weighted by Gasteiger charge is 2.42. The maximum atomic E-state index is 11.3. The van der Waals surface area contributed by atoms with Crippen molar-refractivity contribution in [2.24, 2.45) is 11.8 Å². The second-order valence-corrected chi connectivity index (χ2v) is 3.94. The lowest BCUT2D eigenvalue weighted by Crippen LogP contribution is -2.28. The Bertz CT molecular complexity index is 167. The maximum Gasteiger partial charge on any atom is 0.140 e. The van der Waals surface area contributed by atoms with Crippen LogP contribution in [-0.4, -0.2) is 11.2 Å². The van der Waals surface area contributed by atoms with E-state index in [-0.39, 0.29) is 11.3 Å². The van der Waals surface area contributed by atoms with Gasteiger partial charge in [-0.3, -0.25) is 4.79 Å². The van der Waals surface area contributed by atoms with E-state index in [0.29, 0.717) is 11.7 Å². The van der Waals surface area contributed by atoms with Gasteiger partial charge in [-0.15, -0.1) is 11.6 Å². The second-order valence-electron chi connectivity index (χ2n) is 3.38. The van der Waals surface area contributed by atoms with Crippen molar-refractivity contribution in [3.63, 3.8) is 0 Å². The highest BCUT2D eigenvalue weighted by Crippen LogP contribution is 2.41. The van der Waals surface area contributed by atoms with Gasteiger partial charge in [-0.1, -0.05) is 0 Å². The Kier molecular flexibility index (Phi) is 1.48. The molecule has 0 unspecified atom stereocenters. The van der Waals surface area contributed by atoms with E-state index in [2.05, 4.69) is 0 Å². The Morgan fingerprint density at radius 3 is 2.60 bits per heavy atom. The summed E-state index contributed by atoms with van der Waals surface area (Å²) < 4.78 is 0. The first-order valence-electron chi connectivity index (χ1n) is 3.97. The molecule has 2 fully saturated rings. The average molecular weight is 159 g/mol. The van der Waals surface area contributed by atoms with Crippen LogP contribution in [0.15, 0.2) is 0 Å². The van der Waals surface area contributed by atoms with Crippen LogP contribution in [0.2, 0.25) is 0 Å². The van der Waals surface area contributed by atoms with E-state index in [4.69, 9.17) is 11.6 Å². The van der Waals surface area contributed by atoms with Gasteiger partial charge in [0, 0.05) is 17.2 Å². The lowest BCUT2D eigenvalue weighted by atomic mass is 9.87. The van der Waals surface area contributed by atoms with Crippen molar-refractivity contribution < 1.29 is 4.79 Å². The van der Waals surface area contributed by atoms with Crippen LogP contribution < -0.4 is 0 Å². The Morgan fingerprint density at radius 1 is 1.20 bits per heavy atom. The Morgan fingerprint density at radius 2 is 1.90 bits per heavy atom. The fourth-order valence-corrected chi connectivity index (χ4v) is 2.55. The van der Waals surface area contributed by atoms with Crippen molar-refractivity contribution in [3.05, 3.63) is 0 Å². The van der Waals surface area contributed by atoms with Gasteiger partial charge in [0.05, 0.1) is 0 Å². The fraction of sp³-hybridized carbons (Fsp3) is 0.875. The number of alkyl halides is 1. The van der Waals surface area contributed by atoms with Gasteiger partial charge in [-0.25, -0.2) is 0 Å². The molecule has 0 spiro atoms. The third-order valence-corrected chi connectivity index (χ3v) is 3.34. The lowest BCUT2D eigenvalue weighted by molar-refractivity contribution is -0.125. The molecule has 0 aromatic rings. The summed E-state index contributed by atoms with van der Waals surface area (Å²) in [6, 6.07) is 0. The minimum atomic E-state index is 0.159. The molecule has 2 aliphatic rings. The molecule has 56 valence electrons. The molecular weight excluding hydrogens is 148 g/mol. The largest absolute Gasteiger partial charge is 0.299 e. The van der Waals surface area contributed by atoms with Crippen molar-refractivity contribution in [1.82, 2.24) is 0 Å². The number of ketones is 1. The number of carbonyl (C=O) groups excluding carboxylic acids is 1. The van der Waals surface area contributed by atoms with E-state index in [1.165, 1.54) is 0 Å². The predicted octanol–water partition coefficient (Wildman–Crippen LogP) is 1.98. The van der Waals surface area contributed by atoms with Crippen LogP contribution in [0.5, 0.6) is 0 Å². The maximum absolute atomic E-state index is 11.3. The molecule has 0 radical (unpaired) electrons. The van der Waals surface area contributed by atoms with Gasteiger partial charge in [0.25, 0.3) is 0 Å². The summed E-state index contributed by atoms with van der Waals surface area (Å²) in [7, 11) is 0. The zero-order chi connectivity index (χ0) is 7.14. The minimum Gasteiger partial charge on any atom is -0.299 e. The lowest BCUT2D eigenvalue weighted by Gasteiger charge is -2.21. The van der Waals surface area contributed by atoms with Crippen molar-refractivity contribution in [2.75, 3.05) is 0 Å². The summed E-state index contributed by atoms with van der Waals surface area (Å²) in [4.78, 5) is 11.3. The third kappa shape index (κ3) is 0.800. The molecule has 0 amide bonds. The topological polar surface area (TPSA) is 17.1 Å². The van der Waals surface area contributed by atoms with Gasteiger partial charge in [-0.05, 0) is 25.7 Å². The Hall–Kier alpha value is -0.0400. The highest BCUT2D eigenvalue weighted by molar-refractivity contribution is 6.22. The predicted molar refractivity (Wildman–Crippen MR) is 40.1 cm³/mol. The Labute approximate surface area is 65.7 Å². The molecule has 2 heteroatoms. The molecule has 10 heavy (non-hydrogen) atoms. The summed E-state index contributed by atoms with van der Waals surface area (Å²) >= 11 is 5.98. The van der Waals surface area contributed by atoms with Crippen LogP contribution in [0.3, 0.4) is 0 Å². The van der Waals surface area contributed by atoms with E-state index in [1.54, 1.807) is 0 Å². The van der Waals surface area contributed by atoms with Crippen molar-refractivity contribution >= 4 is 17.4 Å². The summed E-state index contributed by atoms with van der Waals surface area (Å²) in [5.41, 5.74) is 0. The van der Waals surface area contributed by atoms with Crippen LogP contribution in [-0.2, 0) is 4.79 Å². The Balaban J connectivity index is 2.20. The van der Waals surface area contributed by atoms with E-state index >= 15 is 0 Å². The van der Waals surface area contributed by atoms with Crippen LogP contribution in [0.25, 0.3) is 0 Å². The quantitative estimate of drug-likeness (QED) is 0.493. The number of hydrogen-bond donors (Lipinski definition) is 0. The molecule has 1 nitrogen and oxygen atoms in total. The molecule has 0 N–H and O–H groups in total. The fourth-order valence-electron chi connectivity index (χ4n) is 2.18. The second kappa shape index (κ2) is 2.23. The molecule has 2 aliphatic carbocycles. The first-order valence-corrected chi connectivity index (χ1v) is 4.40. The molecule has 0 saturated heterocycles. The van der Waals surface area contributed by atoms with Gasteiger partial charge in [0.1, 0.15) is 5.78 Å². The number of fused-ring (bicyclic) bond motifs is 2. The third-order valence-electron chi connectivity index (χ3n) is 2.82. The molecule has 0 heterocycles. The average Bonchev–Trinajstić information content (AvgIpc) is 2.13. The number of Topliss-reactive ketones (excluding diaryl/α,β-unsaturated/α-hetero) is 1. The normalized spacial score (nSPS) is 46.1. The van der Waals surface area contributed by atoms with Gasteiger partial charge < -0.3 is 0 Å². The molecule has 0 aromatic carbocycles. The van der Waals surface area contributed by atoms with Crippen LogP contribution in [0, 0.1) is 11.8 Å². The molecule has 2 bridgehead atoms. The van der Waals surface area contributed by atoms with Gasteiger partial charge >= 0.3 is 0 Å². The van der Waals surface area contributed by atoms with E-state index < -0.39 is 0 Å². The summed E-state index contributed by atoms with van der Waals surface area (Å²) in [5, 5.41) is 0.159. The van der Waals surface area contributed by atoms with E-state index in [9.17, 15) is 4.79 Å². The molecule has 3 atom stereocenters. The first kappa shape index (κ1) is 6.66. The summed E-state index contributed by atoms with van der Waals surface area (Å²) in [5.74, 6) is 1.06. The van der Waals surface area contributed by atoms with Crippen molar-refractivity contribution in [2.45, 2.75) is 31.1 Å². The SMILES string of the molecule is O=C1[C@H]2CC[C@@H](Cl)[C@@H]1CC2. The summed E-state index contributed by atoms with van der Waals surface area (Å²) in [6.45, 7) is 0. The highest BCUT2D eigenvalue weighted by atomic mass is 35.5. The monoisotopic (exact) mass is 158 g/mol. The number of carbonyl (C=O) groups is 1. The number of halogens is 1. The number of rotatable bonds is 0. The molecule has 2 saturated carbocycles. The standard InChI is InChI=1S/C8H11ClO/c9-7-4-2-5-1-3-6(7)8(5)10/h5-7H,1-4H2/t5-,6+,7-/m1/s1. The van der Waals surface area contributed by atoms with E-state index in [0.717, 1.165) is 25.7 Å². The molecule has 2 rings (SSSR count). The number of hydrogen-bond acceptors (Lipinski definition) is 1. The molecule has 0 aromatic heterocycles. The van der Waals surface area contributed by atoms with Gasteiger partial charge in [-0.2, -0.15) is 0 Å². The van der Waals surface area contributed by atoms with Gasteiger partial charge in [0.2, 0.25) is 0 Å². The zero-order valence-electron chi connectivity index (χ0n) is 5.85. The van der Waals surface area contributed by atoms with Crippen molar-refractivity contribution in [1.29, 1.82) is 0 Å². The van der Waals surface area contributed by atoms with Crippen LogP contribution in [0.4, 0.5) is 0 Å². The zero-order valence-corrected chi connectivity index (χ0v) is 6.60. The first-order chi connectivity index (χ1) is 4.79. The molecular formula is C8H11ClO. The molecule has 0 aliphatic heterocycles. The van der Waals surface area contributed by atoms with Crippen LogP contribution in [0.1, 0.15) is 25.7 Å².